The Labute approximate surface area is 181 Å². The molecule has 0 bridgehead atoms. The van der Waals surface area contributed by atoms with Crippen molar-refractivity contribution in [1.29, 1.82) is 0 Å². The molecule has 0 saturated heterocycles. The Kier molecular flexibility index (Phi) is 11.6. The van der Waals surface area contributed by atoms with Gasteiger partial charge in [-0.05, 0) is 71.0 Å². The van der Waals surface area contributed by atoms with Crippen molar-refractivity contribution in [2.24, 2.45) is 0 Å². The van der Waals surface area contributed by atoms with E-state index < -0.39 is 42.3 Å². The third-order valence-electron chi connectivity index (χ3n) is 4.58. The quantitative estimate of drug-likeness (QED) is 0.231. The number of hydrogen-bond donors (Lipinski definition) is 0. The fourth-order valence-electron chi connectivity index (χ4n) is 3.76. The van der Waals surface area contributed by atoms with Gasteiger partial charge in [0.05, 0.1) is 0 Å². The first-order chi connectivity index (χ1) is 12.5. The molecule has 0 fully saturated rings. The van der Waals surface area contributed by atoms with Crippen LogP contribution in [-0.2, 0) is 16.5 Å². The topological polar surface area (TPSA) is 36.9 Å². The van der Waals surface area contributed by atoms with E-state index in [2.05, 4.69) is 79.3 Å². The highest BCUT2D eigenvalue weighted by molar-refractivity contribution is 6.92. The standard InChI is InChI=1S/C19H48O4Si5/c1-13-16-18-24(4,5)20-26(8,9)22-28(12,15-3)23-27(10,11)21-25(6,7)19-17-14-2/h15H,3,13-14,16-19H2,1-2,4-12H3. The first-order valence-electron chi connectivity index (χ1n) is 11.0. The molecule has 0 aromatic carbocycles. The maximum Gasteiger partial charge on any atom is 0.343 e. The first kappa shape index (κ1) is 28.7. The zero-order chi connectivity index (χ0) is 22.3. The number of unbranched alkanes of at least 4 members (excludes halogenated alkanes) is 2. The van der Waals surface area contributed by atoms with E-state index in [1.807, 2.05) is 5.70 Å². The zero-order valence-corrected chi connectivity index (χ0v) is 25.7. The molecule has 0 N–H and O–H groups in total. The van der Waals surface area contributed by atoms with Crippen molar-refractivity contribution in [3.05, 3.63) is 12.3 Å². The summed E-state index contributed by atoms with van der Waals surface area (Å²) in [5, 5.41) is 0. The highest BCUT2D eigenvalue weighted by Gasteiger charge is 2.46. The van der Waals surface area contributed by atoms with Crippen LogP contribution in [0.15, 0.2) is 12.3 Å². The SMILES string of the molecule is C=C[Si](C)(O[Si](C)(C)O[Si](C)(C)CCCC)O[Si](C)(C)O[Si](C)(C)CCCC. The van der Waals surface area contributed by atoms with Crippen molar-refractivity contribution >= 4 is 42.3 Å². The minimum Gasteiger partial charge on any atom is -0.436 e. The molecular formula is C19H48O4Si5. The predicted molar refractivity (Wildman–Crippen MR) is 136 cm³/mol. The maximum atomic E-state index is 6.64. The van der Waals surface area contributed by atoms with Crippen molar-refractivity contribution in [3.8, 4) is 0 Å². The number of rotatable bonds is 15. The first-order valence-corrected chi connectivity index (χ1v) is 25.2. The van der Waals surface area contributed by atoms with Gasteiger partial charge in [0.2, 0.25) is 0 Å². The summed E-state index contributed by atoms with van der Waals surface area (Å²) in [5.41, 5.74) is 1.91. The summed E-state index contributed by atoms with van der Waals surface area (Å²) in [6, 6.07) is 2.36. The molecule has 9 heteroatoms. The molecule has 0 aliphatic rings. The van der Waals surface area contributed by atoms with E-state index in [0.29, 0.717) is 0 Å². The van der Waals surface area contributed by atoms with Gasteiger partial charge in [-0.2, -0.15) is 0 Å². The van der Waals surface area contributed by atoms with Crippen LogP contribution >= 0.6 is 0 Å². The minimum absolute atomic E-state index is 1.18. The predicted octanol–water partition coefficient (Wildman–Crippen LogP) is 7.26. The molecule has 0 aromatic rings. The zero-order valence-electron chi connectivity index (χ0n) is 20.7. The third-order valence-corrected chi connectivity index (χ3v) is 24.0. The molecule has 0 heterocycles. The molecule has 0 spiro atoms. The molecule has 0 aliphatic heterocycles. The third kappa shape index (κ3) is 12.4. The van der Waals surface area contributed by atoms with Gasteiger partial charge in [0.15, 0.2) is 16.6 Å². The van der Waals surface area contributed by atoms with Crippen molar-refractivity contribution in [2.75, 3.05) is 0 Å². The van der Waals surface area contributed by atoms with Gasteiger partial charge in [-0.1, -0.05) is 45.2 Å². The normalized spacial score (nSPS) is 14.4. The van der Waals surface area contributed by atoms with Crippen molar-refractivity contribution in [2.45, 2.75) is 111 Å². The molecule has 0 atom stereocenters. The van der Waals surface area contributed by atoms with Crippen LogP contribution in [0.1, 0.15) is 39.5 Å². The highest BCUT2D eigenvalue weighted by atomic mass is 28.5. The Morgan fingerprint density at radius 3 is 1.18 bits per heavy atom. The lowest BCUT2D eigenvalue weighted by molar-refractivity contribution is 0.302. The van der Waals surface area contributed by atoms with E-state index >= 15 is 0 Å². The molecule has 0 aromatic heterocycles. The summed E-state index contributed by atoms with van der Waals surface area (Å²) in [4.78, 5) is 0. The smallest absolute Gasteiger partial charge is 0.343 e. The fourth-order valence-corrected chi connectivity index (χ4v) is 27.7. The van der Waals surface area contributed by atoms with Crippen LogP contribution in [0.4, 0.5) is 0 Å². The second kappa shape index (κ2) is 11.3. The average molecular weight is 481 g/mol. The van der Waals surface area contributed by atoms with Crippen LogP contribution in [0.2, 0.25) is 71.0 Å². The van der Waals surface area contributed by atoms with Gasteiger partial charge in [0, 0.05) is 0 Å². The molecule has 0 amide bonds. The minimum atomic E-state index is -2.57. The van der Waals surface area contributed by atoms with E-state index in [0.717, 1.165) is 0 Å². The van der Waals surface area contributed by atoms with Crippen molar-refractivity contribution in [1.82, 2.24) is 0 Å². The Morgan fingerprint density at radius 1 is 0.607 bits per heavy atom. The van der Waals surface area contributed by atoms with Crippen LogP contribution in [0.25, 0.3) is 0 Å². The summed E-state index contributed by atoms with van der Waals surface area (Å²) in [6.45, 7) is 28.5. The average Bonchev–Trinajstić information content (AvgIpc) is 2.47. The maximum absolute atomic E-state index is 6.64. The summed E-state index contributed by atoms with van der Waals surface area (Å²) < 4.78 is 26.6. The van der Waals surface area contributed by atoms with E-state index in [1.54, 1.807) is 0 Å². The Hall–Kier alpha value is 0.664. The number of hydrogen-bond acceptors (Lipinski definition) is 4. The van der Waals surface area contributed by atoms with E-state index in [4.69, 9.17) is 16.5 Å². The Balaban J connectivity index is 5.15. The van der Waals surface area contributed by atoms with E-state index in [1.165, 1.54) is 37.8 Å². The summed E-state index contributed by atoms with van der Waals surface area (Å²) in [5.74, 6) is 0. The van der Waals surface area contributed by atoms with Gasteiger partial charge in [0.25, 0.3) is 0 Å². The molecule has 0 unspecified atom stereocenters. The molecule has 0 rings (SSSR count). The molecule has 0 radical (unpaired) electrons. The van der Waals surface area contributed by atoms with Gasteiger partial charge >= 0.3 is 25.7 Å². The Morgan fingerprint density at radius 2 is 0.929 bits per heavy atom. The van der Waals surface area contributed by atoms with Crippen molar-refractivity contribution < 1.29 is 16.5 Å². The van der Waals surface area contributed by atoms with Gasteiger partial charge < -0.3 is 16.5 Å². The van der Waals surface area contributed by atoms with Gasteiger partial charge in [0.1, 0.15) is 0 Å². The van der Waals surface area contributed by atoms with Crippen LogP contribution in [0, 0.1) is 0 Å². The van der Waals surface area contributed by atoms with Crippen LogP contribution < -0.4 is 0 Å². The second-order valence-electron chi connectivity index (χ2n) is 10.2. The lowest BCUT2D eigenvalue weighted by atomic mass is 10.4. The van der Waals surface area contributed by atoms with Gasteiger partial charge in [-0.3, -0.25) is 0 Å². The summed E-state index contributed by atoms with van der Waals surface area (Å²) >= 11 is 0. The van der Waals surface area contributed by atoms with E-state index in [9.17, 15) is 0 Å². The lowest BCUT2D eigenvalue weighted by Gasteiger charge is -2.42. The van der Waals surface area contributed by atoms with Gasteiger partial charge in [-0.15, -0.1) is 6.58 Å². The summed E-state index contributed by atoms with van der Waals surface area (Å²) in [6.07, 6.45) is 4.86. The monoisotopic (exact) mass is 480 g/mol. The largest absolute Gasteiger partial charge is 0.436 e. The van der Waals surface area contributed by atoms with Crippen LogP contribution in [0.3, 0.4) is 0 Å². The molecule has 28 heavy (non-hydrogen) atoms. The van der Waals surface area contributed by atoms with Crippen molar-refractivity contribution in [3.63, 3.8) is 0 Å². The molecule has 4 nitrogen and oxygen atoms in total. The van der Waals surface area contributed by atoms with E-state index in [-0.39, 0.29) is 0 Å². The molecule has 0 aliphatic carbocycles. The highest BCUT2D eigenvalue weighted by Crippen LogP contribution is 2.29. The lowest BCUT2D eigenvalue weighted by Crippen LogP contribution is -2.59. The molecule has 168 valence electrons. The van der Waals surface area contributed by atoms with Gasteiger partial charge in [-0.25, -0.2) is 0 Å². The fraction of sp³-hybridized carbons (Fsp3) is 0.895. The van der Waals surface area contributed by atoms with Crippen LogP contribution in [-0.4, -0.2) is 42.3 Å². The molecule has 0 saturated carbocycles. The molecular weight excluding hydrogens is 433 g/mol. The summed E-state index contributed by atoms with van der Waals surface area (Å²) in [7, 11) is -10.7. The van der Waals surface area contributed by atoms with Crippen LogP contribution in [0.5, 0.6) is 0 Å². The Bertz CT molecular complexity index is 445. The second-order valence-corrected chi connectivity index (χ2v) is 29.5.